The highest BCUT2D eigenvalue weighted by Crippen LogP contribution is 2.34. The highest BCUT2D eigenvalue weighted by atomic mass is 32.2. The first-order chi connectivity index (χ1) is 8.22. The molecule has 0 radical (unpaired) electrons. The minimum atomic E-state index is 0.725. The molecule has 0 bridgehead atoms. The van der Waals surface area contributed by atoms with E-state index in [1.54, 1.807) is 11.3 Å². The summed E-state index contributed by atoms with van der Waals surface area (Å²) in [5.74, 6) is 0. The second-order valence-corrected chi connectivity index (χ2v) is 5.75. The Hall–Kier alpha value is -1.60. The largest absolute Gasteiger partial charge is 0.398 e. The summed E-state index contributed by atoms with van der Waals surface area (Å²) in [6.07, 6.45) is 1.48. The molecule has 0 amide bonds. The molecule has 17 heavy (non-hydrogen) atoms. The van der Waals surface area contributed by atoms with E-state index in [2.05, 4.69) is 20.2 Å². The lowest BCUT2D eigenvalue weighted by atomic mass is 10.3. The molecule has 0 spiro atoms. The Labute approximate surface area is 105 Å². The van der Waals surface area contributed by atoms with Crippen LogP contribution >= 0.6 is 23.1 Å². The van der Waals surface area contributed by atoms with Gasteiger partial charge in [-0.25, -0.2) is 9.97 Å². The highest BCUT2D eigenvalue weighted by molar-refractivity contribution is 7.99. The average molecular weight is 263 g/mol. The lowest BCUT2D eigenvalue weighted by Crippen LogP contribution is -1.88. The topological polar surface area (TPSA) is 80.5 Å². The van der Waals surface area contributed by atoms with E-state index in [9.17, 15) is 0 Å². The first-order valence-electron chi connectivity index (χ1n) is 4.92. The second kappa shape index (κ2) is 4.01. The number of nitrogens with two attached hydrogens (primary N) is 1. The SMILES string of the molecule is Cc1nc2cc(Sc3ncn[nH]3)c(N)cc2s1. The normalized spacial score (nSPS) is 11.1. The van der Waals surface area contributed by atoms with Gasteiger partial charge < -0.3 is 5.73 Å². The van der Waals surface area contributed by atoms with Gasteiger partial charge in [0.15, 0.2) is 5.16 Å². The number of aromatic amines is 1. The molecule has 0 fully saturated rings. The van der Waals surface area contributed by atoms with Gasteiger partial charge in [-0.15, -0.1) is 11.3 Å². The zero-order valence-corrected chi connectivity index (χ0v) is 10.6. The minimum absolute atomic E-state index is 0.725. The van der Waals surface area contributed by atoms with Gasteiger partial charge in [0.1, 0.15) is 6.33 Å². The molecule has 7 heteroatoms. The third-order valence-electron chi connectivity index (χ3n) is 2.23. The van der Waals surface area contributed by atoms with Gasteiger partial charge in [-0.1, -0.05) is 0 Å². The fourth-order valence-corrected chi connectivity index (χ4v) is 3.13. The summed E-state index contributed by atoms with van der Waals surface area (Å²) in [7, 11) is 0. The van der Waals surface area contributed by atoms with Gasteiger partial charge in [0, 0.05) is 10.6 Å². The Balaban J connectivity index is 2.06. The number of anilines is 1. The molecule has 0 unspecified atom stereocenters. The summed E-state index contributed by atoms with van der Waals surface area (Å²) in [6.45, 7) is 1.99. The number of nitrogen functional groups attached to an aromatic ring is 1. The van der Waals surface area contributed by atoms with E-state index in [0.717, 1.165) is 31.0 Å². The van der Waals surface area contributed by atoms with Gasteiger partial charge >= 0.3 is 0 Å². The van der Waals surface area contributed by atoms with E-state index in [0.29, 0.717) is 0 Å². The number of hydrogen-bond acceptors (Lipinski definition) is 6. The number of hydrogen-bond donors (Lipinski definition) is 2. The van der Waals surface area contributed by atoms with Crippen LogP contribution in [0, 0.1) is 6.92 Å². The Bertz CT molecular complexity index is 659. The van der Waals surface area contributed by atoms with Crippen molar-refractivity contribution in [1.82, 2.24) is 20.2 Å². The molecule has 2 heterocycles. The van der Waals surface area contributed by atoms with Crippen molar-refractivity contribution in [3.8, 4) is 0 Å². The lowest BCUT2D eigenvalue weighted by Gasteiger charge is -2.02. The summed E-state index contributed by atoms with van der Waals surface area (Å²) in [5, 5.41) is 8.37. The molecule has 3 N–H and O–H groups in total. The molecule has 1 aromatic carbocycles. The number of thiazole rings is 1. The van der Waals surface area contributed by atoms with E-state index in [1.807, 2.05) is 19.1 Å². The Morgan fingerprint density at radius 3 is 3.06 bits per heavy atom. The van der Waals surface area contributed by atoms with Crippen molar-refractivity contribution in [3.63, 3.8) is 0 Å². The maximum absolute atomic E-state index is 6.01. The molecule has 0 saturated heterocycles. The van der Waals surface area contributed by atoms with Crippen molar-refractivity contribution in [2.45, 2.75) is 17.0 Å². The fraction of sp³-hybridized carbons (Fsp3) is 0.100. The first-order valence-corrected chi connectivity index (χ1v) is 6.55. The second-order valence-electron chi connectivity index (χ2n) is 3.48. The van der Waals surface area contributed by atoms with Crippen molar-refractivity contribution in [2.75, 3.05) is 5.73 Å². The minimum Gasteiger partial charge on any atom is -0.398 e. The van der Waals surface area contributed by atoms with E-state index in [1.165, 1.54) is 18.1 Å². The number of H-pyrrole nitrogens is 1. The van der Waals surface area contributed by atoms with Gasteiger partial charge in [0.25, 0.3) is 0 Å². The Kier molecular flexibility index (Phi) is 2.49. The van der Waals surface area contributed by atoms with Gasteiger partial charge in [0.05, 0.1) is 15.2 Å². The van der Waals surface area contributed by atoms with Crippen LogP contribution in [0.25, 0.3) is 10.2 Å². The van der Waals surface area contributed by atoms with Crippen LogP contribution in [-0.2, 0) is 0 Å². The van der Waals surface area contributed by atoms with Gasteiger partial charge in [-0.3, -0.25) is 5.10 Å². The predicted octanol–water partition coefficient (Wildman–Crippen LogP) is 2.46. The van der Waals surface area contributed by atoms with Crippen molar-refractivity contribution < 1.29 is 0 Å². The molecule has 0 aliphatic heterocycles. The van der Waals surface area contributed by atoms with Gasteiger partial charge in [0.2, 0.25) is 0 Å². The number of fused-ring (bicyclic) bond motifs is 1. The van der Waals surface area contributed by atoms with E-state index < -0.39 is 0 Å². The Morgan fingerprint density at radius 1 is 1.41 bits per heavy atom. The molecule has 0 aliphatic carbocycles. The first kappa shape index (κ1) is 10.5. The van der Waals surface area contributed by atoms with Crippen LogP contribution < -0.4 is 5.73 Å². The average Bonchev–Trinajstić information content (AvgIpc) is 2.87. The summed E-state index contributed by atoms with van der Waals surface area (Å²) in [5.41, 5.74) is 7.72. The third kappa shape index (κ3) is 1.98. The monoisotopic (exact) mass is 263 g/mol. The smallest absolute Gasteiger partial charge is 0.188 e. The molecule has 3 aromatic rings. The lowest BCUT2D eigenvalue weighted by molar-refractivity contribution is 0.973. The third-order valence-corrected chi connectivity index (χ3v) is 4.12. The van der Waals surface area contributed by atoms with Crippen LogP contribution in [-0.4, -0.2) is 20.2 Å². The van der Waals surface area contributed by atoms with Crippen molar-refractivity contribution >= 4 is 39.0 Å². The number of aryl methyl sites for hydroxylation is 1. The van der Waals surface area contributed by atoms with Crippen molar-refractivity contribution in [1.29, 1.82) is 0 Å². The fourth-order valence-electron chi connectivity index (χ4n) is 1.52. The molecule has 2 aromatic heterocycles. The maximum atomic E-state index is 6.01. The van der Waals surface area contributed by atoms with Crippen LogP contribution in [0.2, 0.25) is 0 Å². The molecule has 86 valence electrons. The molecule has 0 saturated carbocycles. The maximum Gasteiger partial charge on any atom is 0.188 e. The van der Waals surface area contributed by atoms with Crippen molar-refractivity contribution in [2.24, 2.45) is 0 Å². The van der Waals surface area contributed by atoms with Crippen LogP contribution in [0.4, 0.5) is 5.69 Å². The molecule has 5 nitrogen and oxygen atoms in total. The summed E-state index contributed by atoms with van der Waals surface area (Å²) >= 11 is 3.10. The number of rotatable bonds is 2. The van der Waals surface area contributed by atoms with E-state index in [-0.39, 0.29) is 0 Å². The van der Waals surface area contributed by atoms with E-state index in [4.69, 9.17) is 5.73 Å². The quantitative estimate of drug-likeness (QED) is 0.694. The van der Waals surface area contributed by atoms with E-state index >= 15 is 0 Å². The molecular formula is C10H9N5S2. The summed E-state index contributed by atoms with van der Waals surface area (Å²) in [4.78, 5) is 9.45. The summed E-state index contributed by atoms with van der Waals surface area (Å²) < 4.78 is 1.11. The molecular weight excluding hydrogens is 254 g/mol. The van der Waals surface area contributed by atoms with Crippen LogP contribution in [0.5, 0.6) is 0 Å². The zero-order valence-electron chi connectivity index (χ0n) is 8.97. The molecule has 3 rings (SSSR count). The van der Waals surface area contributed by atoms with Crippen LogP contribution in [0.3, 0.4) is 0 Å². The van der Waals surface area contributed by atoms with Crippen LogP contribution in [0.15, 0.2) is 28.5 Å². The standard InChI is InChI=1S/C10H9N5S2/c1-5-14-7-3-8(6(11)2-9(7)16-5)17-10-12-4-13-15-10/h2-4H,11H2,1H3,(H,12,13,15). The number of nitrogens with one attached hydrogen (secondary N) is 1. The number of aromatic nitrogens is 4. The highest BCUT2D eigenvalue weighted by Gasteiger charge is 2.08. The van der Waals surface area contributed by atoms with Gasteiger partial charge in [-0.2, -0.15) is 5.10 Å². The predicted molar refractivity (Wildman–Crippen MR) is 69.3 cm³/mol. The number of nitrogens with zero attached hydrogens (tertiary/aromatic N) is 3. The van der Waals surface area contributed by atoms with Crippen molar-refractivity contribution in [3.05, 3.63) is 23.5 Å². The van der Waals surface area contributed by atoms with Gasteiger partial charge in [-0.05, 0) is 30.8 Å². The number of benzene rings is 1. The van der Waals surface area contributed by atoms with Crippen LogP contribution in [0.1, 0.15) is 5.01 Å². The summed E-state index contributed by atoms with van der Waals surface area (Å²) in [6, 6.07) is 3.94. The molecule has 0 atom stereocenters. The zero-order chi connectivity index (χ0) is 11.8. The Morgan fingerprint density at radius 2 is 2.29 bits per heavy atom. The molecule has 0 aliphatic rings.